The van der Waals surface area contributed by atoms with E-state index in [4.69, 9.17) is 5.11 Å². The Balaban J connectivity index is 2.49. The van der Waals surface area contributed by atoms with Crippen LogP contribution in [0.25, 0.3) is 0 Å². The van der Waals surface area contributed by atoms with Gasteiger partial charge >= 0.3 is 5.97 Å². The van der Waals surface area contributed by atoms with Crippen molar-refractivity contribution in [3.05, 3.63) is 29.6 Å². The number of carbonyl (C=O) groups is 2. The van der Waals surface area contributed by atoms with Crippen molar-refractivity contribution in [3.8, 4) is 0 Å². The smallest absolute Gasteiger partial charge is 0.303 e. The molecule has 90 valence electrons. The highest BCUT2D eigenvalue weighted by Crippen LogP contribution is 2.38. The van der Waals surface area contributed by atoms with Gasteiger partial charge in [0.2, 0.25) is 5.91 Å². The number of hydrogen-bond donors (Lipinski definition) is 1. The molecule has 1 aromatic rings. The molecule has 0 saturated carbocycles. The van der Waals surface area contributed by atoms with E-state index in [2.05, 4.69) is 0 Å². The molecule has 1 N–H and O–H groups in total. The average Bonchev–Trinajstić information content (AvgIpc) is 2.24. The quantitative estimate of drug-likeness (QED) is 0.852. The molecule has 1 aliphatic rings. The molecule has 4 nitrogen and oxygen atoms in total. The number of nitrogens with zero attached hydrogens (tertiary/aromatic N) is 1. The largest absolute Gasteiger partial charge is 0.481 e. The summed E-state index contributed by atoms with van der Waals surface area (Å²) in [7, 11) is 1.50. The van der Waals surface area contributed by atoms with Gasteiger partial charge < -0.3 is 10.0 Å². The number of halogens is 1. The summed E-state index contributed by atoms with van der Waals surface area (Å²) in [5, 5.41) is 8.79. The molecule has 0 aliphatic carbocycles. The van der Waals surface area contributed by atoms with Gasteiger partial charge in [0.25, 0.3) is 0 Å². The predicted octanol–water partition coefficient (Wildman–Crippen LogP) is 1.75. The van der Waals surface area contributed by atoms with Crippen molar-refractivity contribution in [1.82, 2.24) is 0 Å². The van der Waals surface area contributed by atoms with Crippen LogP contribution in [0.4, 0.5) is 10.1 Å². The van der Waals surface area contributed by atoms with Gasteiger partial charge in [-0.15, -0.1) is 0 Å². The molecule has 1 heterocycles. The molecule has 2 rings (SSSR count). The fraction of sp³-hybridized carbons (Fsp3) is 0.333. The summed E-state index contributed by atoms with van der Waals surface area (Å²) in [5.74, 6) is -2.17. The number of fused-ring (bicyclic) bond motifs is 1. The second-order valence-electron chi connectivity index (χ2n) is 4.13. The number of hydrogen-bond acceptors (Lipinski definition) is 2. The Labute approximate surface area is 97.7 Å². The lowest BCUT2D eigenvalue weighted by Crippen LogP contribution is -2.34. The summed E-state index contributed by atoms with van der Waals surface area (Å²) in [4.78, 5) is 23.7. The molecule has 0 saturated heterocycles. The molecule has 17 heavy (non-hydrogen) atoms. The Morgan fingerprint density at radius 3 is 2.94 bits per heavy atom. The fourth-order valence-electron chi connectivity index (χ4n) is 2.19. The number of anilines is 1. The molecule has 0 radical (unpaired) electrons. The van der Waals surface area contributed by atoms with E-state index in [0.29, 0.717) is 5.56 Å². The summed E-state index contributed by atoms with van der Waals surface area (Å²) in [6, 6.07) is 4.48. The third kappa shape index (κ3) is 2.00. The maximum absolute atomic E-state index is 13.7. The number of aliphatic carboxylic acids is 1. The zero-order valence-corrected chi connectivity index (χ0v) is 9.31. The third-order valence-electron chi connectivity index (χ3n) is 3.01. The first-order valence-electron chi connectivity index (χ1n) is 5.27. The van der Waals surface area contributed by atoms with E-state index in [9.17, 15) is 14.0 Å². The van der Waals surface area contributed by atoms with Crippen molar-refractivity contribution in [1.29, 1.82) is 0 Å². The van der Waals surface area contributed by atoms with Gasteiger partial charge in [-0.25, -0.2) is 4.39 Å². The number of benzene rings is 1. The highest BCUT2D eigenvalue weighted by atomic mass is 19.1. The summed E-state index contributed by atoms with van der Waals surface area (Å²) in [6.45, 7) is 0. The Morgan fingerprint density at radius 1 is 1.59 bits per heavy atom. The van der Waals surface area contributed by atoms with Gasteiger partial charge in [-0.2, -0.15) is 0 Å². The van der Waals surface area contributed by atoms with Crippen LogP contribution in [0.2, 0.25) is 0 Å². The molecule has 5 heteroatoms. The number of carboxylic acid groups (broad SMARTS) is 1. The molecule has 1 unspecified atom stereocenters. The average molecular weight is 237 g/mol. The molecule has 0 spiro atoms. The lowest BCUT2D eigenvalue weighted by Gasteiger charge is -2.31. The number of carboxylic acids is 1. The van der Waals surface area contributed by atoms with E-state index in [0.717, 1.165) is 0 Å². The van der Waals surface area contributed by atoms with Crippen LogP contribution in [-0.4, -0.2) is 24.0 Å². The minimum absolute atomic E-state index is 0.110. The molecule has 1 aromatic carbocycles. The molecule has 0 aromatic heterocycles. The minimum Gasteiger partial charge on any atom is -0.481 e. The van der Waals surface area contributed by atoms with Crippen molar-refractivity contribution < 1.29 is 19.1 Å². The lowest BCUT2D eigenvalue weighted by molar-refractivity contribution is -0.137. The summed E-state index contributed by atoms with van der Waals surface area (Å²) < 4.78 is 13.7. The van der Waals surface area contributed by atoms with Gasteiger partial charge in [-0.1, -0.05) is 12.1 Å². The van der Waals surface area contributed by atoms with Crippen molar-refractivity contribution in [3.63, 3.8) is 0 Å². The molecular weight excluding hydrogens is 225 g/mol. The Hall–Kier alpha value is -1.91. The number of carbonyl (C=O) groups excluding carboxylic acids is 1. The van der Waals surface area contributed by atoms with E-state index >= 15 is 0 Å². The Morgan fingerprint density at radius 2 is 2.29 bits per heavy atom. The van der Waals surface area contributed by atoms with Crippen LogP contribution in [0.15, 0.2) is 18.2 Å². The normalized spacial score (nSPS) is 19.1. The van der Waals surface area contributed by atoms with Crippen LogP contribution < -0.4 is 4.90 Å². The van der Waals surface area contributed by atoms with E-state index in [-0.39, 0.29) is 24.4 Å². The van der Waals surface area contributed by atoms with Gasteiger partial charge in [-0.05, 0) is 11.6 Å². The molecule has 1 atom stereocenters. The van der Waals surface area contributed by atoms with Crippen molar-refractivity contribution >= 4 is 17.6 Å². The van der Waals surface area contributed by atoms with E-state index in [1.807, 2.05) is 0 Å². The molecule has 0 bridgehead atoms. The third-order valence-corrected chi connectivity index (χ3v) is 3.01. The van der Waals surface area contributed by atoms with Gasteiger partial charge in [-0.3, -0.25) is 9.59 Å². The van der Waals surface area contributed by atoms with Crippen LogP contribution in [0.5, 0.6) is 0 Å². The number of para-hydroxylation sites is 1. The maximum atomic E-state index is 13.7. The van der Waals surface area contributed by atoms with Crippen molar-refractivity contribution in [2.75, 3.05) is 11.9 Å². The number of rotatable bonds is 2. The highest BCUT2D eigenvalue weighted by Gasteiger charge is 2.32. The van der Waals surface area contributed by atoms with Crippen molar-refractivity contribution in [2.45, 2.75) is 18.8 Å². The fourth-order valence-corrected chi connectivity index (χ4v) is 2.19. The van der Waals surface area contributed by atoms with Crippen LogP contribution in [0, 0.1) is 5.82 Å². The first kappa shape index (κ1) is 11.6. The molecule has 1 amide bonds. The SMILES string of the molecule is CN1C(=O)CC(CC(=O)O)c2cccc(F)c21. The van der Waals surface area contributed by atoms with E-state index in [1.165, 1.54) is 24.1 Å². The summed E-state index contributed by atoms with van der Waals surface area (Å²) in [6.07, 6.45) is -0.0463. The first-order chi connectivity index (χ1) is 8.00. The summed E-state index contributed by atoms with van der Waals surface area (Å²) >= 11 is 0. The van der Waals surface area contributed by atoms with Gasteiger partial charge in [0.1, 0.15) is 5.82 Å². The molecule has 0 fully saturated rings. The zero-order valence-electron chi connectivity index (χ0n) is 9.31. The van der Waals surface area contributed by atoms with Crippen LogP contribution >= 0.6 is 0 Å². The first-order valence-corrected chi connectivity index (χ1v) is 5.27. The topological polar surface area (TPSA) is 57.6 Å². The van der Waals surface area contributed by atoms with Crippen LogP contribution in [0.3, 0.4) is 0 Å². The second kappa shape index (κ2) is 4.16. The van der Waals surface area contributed by atoms with Crippen LogP contribution in [-0.2, 0) is 9.59 Å². The predicted molar refractivity (Wildman–Crippen MR) is 59.4 cm³/mol. The van der Waals surface area contributed by atoms with Gasteiger partial charge in [0.15, 0.2) is 0 Å². The molecule has 1 aliphatic heterocycles. The summed E-state index contributed by atoms with van der Waals surface area (Å²) in [5.41, 5.74) is 0.796. The Kier molecular flexibility index (Phi) is 2.83. The molecular formula is C12H12FNO3. The number of amides is 1. The van der Waals surface area contributed by atoms with E-state index in [1.54, 1.807) is 6.07 Å². The minimum atomic E-state index is -0.984. The second-order valence-corrected chi connectivity index (χ2v) is 4.13. The van der Waals surface area contributed by atoms with Crippen molar-refractivity contribution in [2.24, 2.45) is 0 Å². The monoisotopic (exact) mass is 237 g/mol. The lowest BCUT2D eigenvalue weighted by atomic mass is 9.87. The Bertz CT molecular complexity index is 487. The highest BCUT2D eigenvalue weighted by molar-refractivity contribution is 5.97. The van der Waals surface area contributed by atoms with Crippen LogP contribution in [0.1, 0.15) is 24.3 Å². The van der Waals surface area contributed by atoms with E-state index < -0.39 is 17.7 Å². The van der Waals surface area contributed by atoms with Gasteiger partial charge in [0.05, 0.1) is 12.1 Å². The van der Waals surface area contributed by atoms with Gasteiger partial charge in [0, 0.05) is 19.4 Å². The zero-order chi connectivity index (χ0) is 12.6. The maximum Gasteiger partial charge on any atom is 0.303 e. The standard InChI is InChI=1S/C12H12FNO3/c1-14-10(15)5-7(6-11(16)17)8-3-2-4-9(13)12(8)14/h2-4,7H,5-6H2,1H3,(H,16,17).